The van der Waals surface area contributed by atoms with Crippen LogP contribution in [0.5, 0.6) is 5.75 Å². The summed E-state index contributed by atoms with van der Waals surface area (Å²) in [4.78, 5) is 12.5. The van der Waals surface area contributed by atoms with E-state index in [2.05, 4.69) is 0 Å². The number of aromatic hydroxyl groups is 1. The molecule has 0 aromatic heterocycles. The van der Waals surface area contributed by atoms with Crippen molar-refractivity contribution >= 4 is 16.7 Å². The average molecular weight is 368 g/mol. The molecule has 0 fully saturated rings. The van der Waals surface area contributed by atoms with E-state index >= 15 is 0 Å². The number of ether oxygens (including phenoxy) is 1. The maximum atomic E-state index is 12.5. The molecule has 3 heteroatoms. The van der Waals surface area contributed by atoms with Crippen LogP contribution in [0, 0.1) is 0 Å². The summed E-state index contributed by atoms with van der Waals surface area (Å²) in [5, 5.41) is 12.3. The fourth-order valence-corrected chi connectivity index (χ4v) is 3.55. The van der Waals surface area contributed by atoms with Crippen LogP contribution in [0.4, 0.5) is 0 Å². The van der Waals surface area contributed by atoms with Gasteiger partial charge in [0.15, 0.2) is 0 Å². The Kier molecular flexibility index (Phi) is 4.81. The molecule has 4 rings (SSSR count). The molecule has 3 nitrogen and oxygen atoms in total. The van der Waals surface area contributed by atoms with Crippen LogP contribution in [-0.2, 0) is 11.2 Å². The molecule has 138 valence electrons. The Labute approximate surface area is 163 Å². The summed E-state index contributed by atoms with van der Waals surface area (Å²) < 4.78 is 5.04. The van der Waals surface area contributed by atoms with Crippen LogP contribution < -0.4 is 0 Å². The normalized spacial score (nSPS) is 10.8. The van der Waals surface area contributed by atoms with Crippen molar-refractivity contribution in [3.63, 3.8) is 0 Å². The van der Waals surface area contributed by atoms with E-state index in [9.17, 15) is 9.90 Å². The number of phenolic OH excluding ortho intramolecular Hbond substituents is 1. The molecular formula is C25H20O3. The number of hydrogen-bond acceptors (Lipinski definition) is 3. The monoisotopic (exact) mass is 368 g/mol. The topological polar surface area (TPSA) is 46.5 Å². The second-order valence-corrected chi connectivity index (χ2v) is 6.70. The highest BCUT2D eigenvalue weighted by Crippen LogP contribution is 2.31. The Morgan fingerprint density at radius 2 is 1.57 bits per heavy atom. The zero-order chi connectivity index (χ0) is 19.5. The van der Waals surface area contributed by atoms with Crippen molar-refractivity contribution in [3.8, 4) is 16.9 Å². The Morgan fingerprint density at radius 1 is 0.821 bits per heavy atom. The van der Waals surface area contributed by atoms with Crippen LogP contribution in [0.2, 0.25) is 0 Å². The molecule has 4 aromatic rings. The summed E-state index contributed by atoms with van der Waals surface area (Å²) in [6.45, 7) is 0. The van der Waals surface area contributed by atoms with Gasteiger partial charge < -0.3 is 9.84 Å². The molecule has 0 unspecified atom stereocenters. The molecule has 0 heterocycles. The van der Waals surface area contributed by atoms with E-state index in [4.69, 9.17) is 4.74 Å². The number of phenols is 1. The van der Waals surface area contributed by atoms with E-state index in [0.29, 0.717) is 12.0 Å². The molecule has 0 aliphatic heterocycles. The molecule has 0 bridgehead atoms. The van der Waals surface area contributed by atoms with Gasteiger partial charge in [-0.15, -0.1) is 0 Å². The molecule has 0 saturated carbocycles. The summed E-state index contributed by atoms with van der Waals surface area (Å²) in [5.41, 5.74) is 4.24. The van der Waals surface area contributed by atoms with Gasteiger partial charge in [0, 0.05) is 6.42 Å². The summed E-state index contributed by atoms with van der Waals surface area (Å²) in [5.74, 6) is -0.158. The van der Waals surface area contributed by atoms with Gasteiger partial charge in [-0.05, 0) is 45.2 Å². The first kappa shape index (κ1) is 17.8. The molecule has 0 amide bonds. The number of carbonyl (C=O) groups is 1. The van der Waals surface area contributed by atoms with Gasteiger partial charge in [0.25, 0.3) is 0 Å². The van der Waals surface area contributed by atoms with Gasteiger partial charge in [0.1, 0.15) is 5.75 Å². The van der Waals surface area contributed by atoms with Gasteiger partial charge in [0.2, 0.25) is 0 Å². The zero-order valence-electron chi connectivity index (χ0n) is 15.6. The Hall–Kier alpha value is -3.59. The quantitative estimate of drug-likeness (QED) is 0.478. The van der Waals surface area contributed by atoms with E-state index in [-0.39, 0.29) is 11.7 Å². The lowest BCUT2D eigenvalue weighted by Gasteiger charge is -2.13. The zero-order valence-corrected chi connectivity index (χ0v) is 15.6. The van der Waals surface area contributed by atoms with E-state index in [1.807, 2.05) is 78.9 Å². The lowest BCUT2D eigenvalue weighted by molar-refractivity contribution is 0.0602. The smallest absolute Gasteiger partial charge is 0.338 e. The number of benzene rings is 4. The van der Waals surface area contributed by atoms with Crippen molar-refractivity contribution in [2.75, 3.05) is 7.11 Å². The highest BCUT2D eigenvalue weighted by molar-refractivity contribution is 6.06. The maximum Gasteiger partial charge on any atom is 0.338 e. The lowest BCUT2D eigenvalue weighted by atomic mass is 9.93. The van der Waals surface area contributed by atoms with Crippen molar-refractivity contribution in [1.82, 2.24) is 0 Å². The fourth-order valence-electron chi connectivity index (χ4n) is 3.55. The molecule has 0 aliphatic rings. The molecule has 0 saturated heterocycles. The third-order valence-electron chi connectivity index (χ3n) is 4.97. The highest BCUT2D eigenvalue weighted by atomic mass is 16.5. The highest BCUT2D eigenvalue weighted by Gasteiger charge is 2.17. The van der Waals surface area contributed by atoms with Gasteiger partial charge >= 0.3 is 5.97 Å². The number of esters is 1. The SMILES string of the molecule is COC(=O)c1c(Cc2cc(-c3ccccc3)ccc2O)ccc2ccccc12. The number of hydrogen-bond donors (Lipinski definition) is 1. The van der Waals surface area contributed by atoms with Gasteiger partial charge in [-0.2, -0.15) is 0 Å². The maximum absolute atomic E-state index is 12.5. The van der Waals surface area contributed by atoms with Gasteiger partial charge in [-0.3, -0.25) is 0 Å². The third kappa shape index (κ3) is 3.35. The van der Waals surface area contributed by atoms with Crippen LogP contribution in [0.1, 0.15) is 21.5 Å². The van der Waals surface area contributed by atoms with E-state index < -0.39 is 0 Å². The second-order valence-electron chi connectivity index (χ2n) is 6.70. The minimum Gasteiger partial charge on any atom is -0.508 e. The molecule has 0 aliphatic carbocycles. The predicted octanol–water partition coefficient (Wildman–Crippen LogP) is 5.59. The molecular weight excluding hydrogens is 348 g/mol. The van der Waals surface area contributed by atoms with Crippen LogP contribution in [-0.4, -0.2) is 18.2 Å². The fraction of sp³-hybridized carbons (Fsp3) is 0.0800. The molecule has 0 radical (unpaired) electrons. The van der Waals surface area contributed by atoms with Gasteiger partial charge in [-0.25, -0.2) is 4.79 Å². The average Bonchev–Trinajstić information content (AvgIpc) is 2.75. The summed E-state index contributed by atoms with van der Waals surface area (Å²) in [6, 6.07) is 27.3. The second kappa shape index (κ2) is 7.57. The molecule has 4 aromatic carbocycles. The van der Waals surface area contributed by atoms with Crippen molar-refractivity contribution < 1.29 is 14.6 Å². The molecule has 1 N–H and O–H groups in total. The number of fused-ring (bicyclic) bond motifs is 1. The Bertz CT molecular complexity index is 1150. The summed E-state index contributed by atoms with van der Waals surface area (Å²) in [6.07, 6.45) is 0.432. The first-order valence-corrected chi connectivity index (χ1v) is 9.13. The van der Waals surface area contributed by atoms with E-state index in [1.165, 1.54) is 7.11 Å². The van der Waals surface area contributed by atoms with E-state index in [1.54, 1.807) is 6.07 Å². The van der Waals surface area contributed by atoms with Crippen LogP contribution >= 0.6 is 0 Å². The number of methoxy groups -OCH3 is 1. The van der Waals surface area contributed by atoms with Crippen LogP contribution in [0.3, 0.4) is 0 Å². The van der Waals surface area contributed by atoms with Crippen LogP contribution in [0.15, 0.2) is 84.9 Å². The van der Waals surface area contributed by atoms with Gasteiger partial charge in [-0.1, -0.05) is 72.8 Å². The van der Waals surface area contributed by atoms with Crippen molar-refractivity contribution in [1.29, 1.82) is 0 Å². The van der Waals surface area contributed by atoms with Crippen molar-refractivity contribution in [3.05, 3.63) is 102 Å². The number of rotatable bonds is 4. The van der Waals surface area contributed by atoms with E-state index in [0.717, 1.165) is 33.0 Å². The molecule has 0 atom stereocenters. The third-order valence-corrected chi connectivity index (χ3v) is 4.97. The minimum absolute atomic E-state index is 0.212. The molecule has 28 heavy (non-hydrogen) atoms. The van der Waals surface area contributed by atoms with Crippen molar-refractivity contribution in [2.45, 2.75) is 6.42 Å². The van der Waals surface area contributed by atoms with Crippen molar-refractivity contribution in [2.24, 2.45) is 0 Å². The summed E-state index contributed by atoms with van der Waals surface area (Å²) >= 11 is 0. The largest absolute Gasteiger partial charge is 0.508 e. The standard InChI is InChI=1S/C25H20O3/c1-28-25(27)24-20(12-11-18-9-5-6-10-22(18)24)16-21-15-19(13-14-23(21)26)17-7-3-2-4-8-17/h2-15,26H,16H2,1H3. The molecule has 0 spiro atoms. The Morgan fingerprint density at radius 3 is 2.36 bits per heavy atom. The Balaban J connectivity index is 1.81. The first-order valence-electron chi connectivity index (χ1n) is 9.13. The lowest BCUT2D eigenvalue weighted by Crippen LogP contribution is -2.07. The number of carbonyl (C=O) groups excluding carboxylic acids is 1. The van der Waals surface area contributed by atoms with Crippen LogP contribution in [0.25, 0.3) is 21.9 Å². The predicted molar refractivity (Wildman–Crippen MR) is 112 cm³/mol. The minimum atomic E-state index is -0.370. The van der Waals surface area contributed by atoms with Gasteiger partial charge in [0.05, 0.1) is 12.7 Å². The summed E-state index contributed by atoms with van der Waals surface area (Å²) in [7, 11) is 1.39. The first-order chi connectivity index (χ1) is 13.7.